The molecule has 0 aliphatic carbocycles. The number of hydrogen-bond donors (Lipinski definition) is 1. The van der Waals surface area contributed by atoms with E-state index in [4.69, 9.17) is 16.6 Å². The molecule has 5 rings (SSSR count). The molecule has 6 nitrogen and oxygen atoms in total. The smallest absolute Gasteiger partial charge is 0.211 e. The number of amides is 1. The van der Waals surface area contributed by atoms with Crippen LogP contribution in [0.25, 0.3) is 33.3 Å². The molecule has 0 saturated heterocycles. The summed E-state index contributed by atoms with van der Waals surface area (Å²) in [5.74, 6) is 0.898. The fourth-order valence-electron chi connectivity index (χ4n) is 3.73. The quantitative estimate of drug-likeness (QED) is 0.390. The molecular formula is C24H18ClN5O. The first kappa shape index (κ1) is 19.2. The number of benzene rings is 2. The number of carbonyl (C=O) groups is 1. The zero-order chi connectivity index (χ0) is 21.4. The molecule has 2 aromatic carbocycles. The van der Waals surface area contributed by atoms with Crippen molar-refractivity contribution in [3.05, 3.63) is 83.3 Å². The van der Waals surface area contributed by atoms with E-state index in [1.807, 2.05) is 37.3 Å². The maximum absolute atomic E-state index is 10.7. The van der Waals surface area contributed by atoms with E-state index < -0.39 is 0 Å². The number of imidazole rings is 1. The number of rotatable bonds is 5. The maximum Gasteiger partial charge on any atom is 0.211 e. The summed E-state index contributed by atoms with van der Waals surface area (Å²) in [6, 6.07) is 19.6. The molecule has 1 amide bonds. The lowest BCUT2D eigenvalue weighted by Gasteiger charge is -2.09. The molecule has 3 aromatic heterocycles. The number of halogens is 1. The van der Waals surface area contributed by atoms with Crippen LogP contribution < -0.4 is 5.32 Å². The van der Waals surface area contributed by atoms with Crippen LogP contribution in [-0.4, -0.2) is 25.9 Å². The molecule has 5 aromatic rings. The van der Waals surface area contributed by atoms with Gasteiger partial charge in [0, 0.05) is 17.1 Å². The molecule has 0 saturated carbocycles. The number of pyridine rings is 2. The van der Waals surface area contributed by atoms with Gasteiger partial charge in [-0.3, -0.25) is 9.78 Å². The largest absolute Gasteiger partial charge is 0.327 e. The molecule has 0 fully saturated rings. The molecule has 0 radical (unpaired) electrons. The minimum absolute atomic E-state index is 0.459. The van der Waals surface area contributed by atoms with Crippen molar-refractivity contribution in [3.8, 4) is 11.3 Å². The van der Waals surface area contributed by atoms with E-state index in [-0.39, 0.29) is 0 Å². The zero-order valence-electron chi connectivity index (χ0n) is 16.7. The van der Waals surface area contributed by atoms with E-state index in [9.17, 15) is 4.79 Å². The van der Waals surface area contributed by atoms with E-state index in [1.54, 1.807) is 18.3 Å². The summed E-state index contributed by atoms with van der Waals surface area (Å²) in [6.45, 7) is 2.65. The Hall–Kier alpha value is -3.77. The zero-order valence-corrected chi connectivity index (χ0v) is 17.5. The summed E-state index contributed by atoms with van der Waals surface area (Å²) >= 11 is 6.29. The summed E-state index contributed by atoms with van der Waals surface area (Å²) in [4.78, 5) is 24.6. The lowest BCUT2D eigenvalue weighted by molar-refractivity contribution is -0.105. The Morgan fingerprint density at radius 1 is 1.03 bits per heavy atom. The Balaban J connectivity index is 1.55. The van der Waals surface area contributed by atoms with Gasteiger partial charge in [-0.2, -0.15) is 0 Å². The van der Waals surface area contributed by atoms with E-state index in [0.29, 0.717) is 23.7 Å². The molecule has 0 atom stereocenters. The first-order valence-electron chi connectivity index (χ1n) is 9.80. The van der Waals surface area contributed by atoms with Crippen molar-refractivity contribution in [2.75, 3.05) is 5.32 Å². The van der Waals surface area contributed by atoms with Crippen molar-refractivity contribution in [3.63, 3.8) is 0 Å². The normalized spacial score (nSPS) is 11.2. The van der Waals surface area contributed by atoms with Crippen molar-refractivity contribution < 1.29 is 4.79 Å². The lowest BCUT2D eigenvalue weighted by Crippen LogP contribution is -2.03. The highest BCUT2D eigenvalue weighted by Crippen LogP contribution is 2.29. The van der Waals surface area contributed by atoms with Crippen LogP contribution >= 0.6 is 11.6 Å². The SMILES string of the molecule is Cc1nc2ccc(-c3ccc(NC=O)c(Cl)c3)nc2n1Cc1ccc2ncccc2c1. The Labute approximate surface area is 183 Å². The maximum atomic E-state index is 10.7. The minimum atomic E-state index is 0.459. The second kappa shape index (κ2) is 7.81. The van der Waals surface area contributed by atoms with Gasteiger partial charge < -0.3 is 9.88 Å². The average Bonchev–Trinajstić information content (AvgIpc) is 3.09. The summed E-state index contributed by atoms with van der Waals surface area (Å²) in [6.07, 6.45) is 2.41. The molecule has 152 valence electrons. The molecule has 0 spiro atoms. The van der Waals surface area contributed by atoms with Gasteiger partial charge in [-0.15, -0.1) is 0 Å². The Bertz CT molecular complexity index is 1440. The number of nitrogens with zero attached hydrogens (tertiary/aromatic N) is 4. The van der Waals surface area contributed by atoms with Crippen LogP contribution in [0.5, 0.6) is 0 Å². The van der Waals surface area contributed by atoms with Crippen LogP contribution in [0.15, 0.2) is 66.9 Å². The fourth-order valence-corrected chi connectivity index (χ4v) is 3.96. The van der Waals surface area contributed by atoms with Crippen LogP contribution in [0.4, 0.5) is 5.69 Å². The Kier molecular flexibility index (Phi) is 4.84. The minimum Gasteiger partial charge on any atom is -0.327 e. The molecular weight excluding hydrogens is 410 g/mol. The second-order valence-electron chi connectivity index (χ2n) is 7.27. The highest BCUT2D eigenvalue weighted by Gasteiger charge is 2.12. The molecule has 0 aliphatic rings. The van der Waals surface area contributed by atoms with Gasteiger partial charge in [-0.25, -0.2) is 9.97 Å². The summed E-state index contributed by atoms with van der Waals surface area (Å²) in [5, 5.41) is 4.15. The Morgan fingerprint density at radius 3 is 2.74 bits per heavy atom. The van der Waals surface area contributed by atoms with Gasteiger partial charge in [0.25, 0.3) is 0 Å². The molecule has 0 aliphatic heterocycles. The third-order valence-electron chi connectivity index (χ3n) is 5.27. The molecule has 7 heteroatoms. The summed E-state index contributed by atoms with van der Waals surface area (Å²) < 4.78 is 2.11. The summed E-state index contributed by atoms with van der Waals surface area (Å²) in [7, 11) is 0. The van der Waals surface area contributed by atoms with Gasteiger partial charge in [0.1, 0.15) is 11.3 Å². The first-order valence-corrected chi connectivity index (χ1v) is 10.2. The van der Waals surface area contributed by atoms with Gasteiger partial charge in [-0.05, 0) is 55.0 Å². The number of hydrogen-bond acceptors (Lipinski definition) is 4. The van der Waals surface area contributed by atoms with Gasteiger partial charge in [0.2, 0.25) is 6.41 Å². The number of fused-ring (bicyclic) bond motifs is 2. The van der Waals surface area contributed by atoms with E-state index >= 15 is 0 Å². The predicted molar refractivity (Wildman–Crippen MR) is 123 cm³/mol. The van der Waals surface area contributed by atoms with Gasteiger partial charge in [0.15, 0.2) is 5.65 Å². The van der Waals surface area contributed by atoms with Crippen LogP contribution in [0.1, 0.15) is 11.4 Å². The van der Waals surface area contributed by atoms with Gasteiger partial charge in [-0.1, -0.05) is 29.8 Å². The van der Waals surface area contributed by atoms with Crippen LogP contribution in [0.3, 0.4) is 0 Å². The molecule has 0 unspecified atom stereocenters. The fraction of sp³-hybridized carbons (Fsp3) is 0.0833. The highest BCUT2D eigenvalue weighted by molar-refractivity contribution is 6.33. The molecule has 31 heavy (non-hydrogen) atoms. The number of carbonyl (C=O) groups excluding carboxylic acids is 1. The van der Waals surface area contributed by atoms with Gasteiger partial charge >= 0.3 is 0 Å². The molecule has 1 N–H and O–H groups in total. The molecule has 3 heterocycles. The molecule has 0 bridgehead atoms. The van der Waals surface area contributed by atoms with Crippen LogP contribution in [0.2, 0.25) is 5.02 Å². The van der Waals surface area contributed by atoms with Crippen molar-refractivity contribution in [1.29, 1.82) is 0 Å². The average molecular weight is 428 g/mol. The van der Waals surface area contributed by atoms with Crippen LogP contribution in [-0.2, 0) is 11.3 Å². The van der Waals surface area contributed by atoms with E-state index in [0.717, 1.165) is 44.7 Å². The van der Waals surface area contributed by atoms with Crippen LogP contribution in [0, 0.1) is 6.92 Å². The summed E-state index contributed by atoms with van der Waals surface area (Å²) in [5.41, 5.74) is 6.00. The highest BCUT2D eigenvalue weighted by atomic mass is 35.5. The van der Waals surface area contributed by atoms with E-state index in [1.165, 1.54) is 0 Å². The third kappa shape index (κ3) is 3.62. The Morgan fingerprint density at radius 2 is 1.90 bits per heavy atom. The van der Waals surface area contributed by atoms with E-state index in [2.05, 4.69) is 38.1 Å². The van der Waals surface area contributed by atoms with Crippen molar-refractivity contribution in [2.24, 2.45) is 0 Å². The van der Waals surface area contributed by atoms with Crippen molar-refractivity contribution in [2.45, 2.75) is 13.5 Å². The van der Waals surface area contributed by atoms with Crippen molar-refractivity contribution >= 4 is 45.8 Å². The number of anilines is 1. The topological polar surface area (TPSA) is 72.7 Å². The second-order valence-corrected chi connectivity index (χ2v) is 7.68. The standard InChI is InChI=1S/C24H18ClN5O/c1-15-28-23-9-8-21(18-5-7-22(27-14-31)19(25)12-18)29-24(23)30(15)13-16-4-6-20-17(11-16)3-2-10-26-20/h2-12,14H,13H2,1H3,(H,27,31). The van der Waals surface area contributed by atoms with Gasteiger partial charge in [0.05, 0.1) is 28.5 Å². The lowest BCUT2D eigenvalue weighted by atomic mass is 10.1. The predicted octanol–water partition coefficient (Wildman–Crippen LogP) is 5.22. The monoisotopic (exact) mass is 427 g/mol. The van der Waals surface area contributed by atoms with Crippen molar-refractivity contribution in [1.82, 2.24) is 19.5 Å². The number of aryl methyl sites for hydroxylation is 1. The third-order valence-corrected chi connectivity index (χ3v) is 5.58. The first-order chi connectivity index (χ1) is 15.1. The number of nitrogens with one attached hydrogen (secondary N) is 1. The number of aromatic nitrogens is 4.